The van der Waals surface area contributed by atoms with Gasteiger partial charge in [-0.25, -0.2) is 0 Å². The molecule has 0 spiro atoms. The van der Waals surface area contributed by atoms with E-state index in [0.29, 0.717) is 13.0 Å². The lowest BCUT2D eigenvalue weighted by molar-refractivity contribution is -0.144. The first-order valence-corrected chi connectivity index (χ1v) is 10.2. The van der Waals surface area contributed by atoms with Crippen molar-refractivity contribution in [1.29, 1.82) is 0 Å². The van der Waals surface area contributed by atoms with Gasteiger partial charge in [-0.1, -0.05) is 70.4 Å². The first kappa shape index (κ1) is 23.2. The quantitative estimate of drug-likeness (QED) is 0.203. The minimum Gasteiger partial charge on any atom is -0.464 e. The lowest BCUT2D eigenvalue weighted by Crippen LogP contribution is -2.23. The molecule has 0 fully saturated rings. The van der Waals surface area contributed by atoms with Gasteiger partial charge in [-0.3, -0.25) is 4.79 Å². The molecule has 1 atom stereocenters. The Bertz CT molecular complexity index is 300. The largest absolute Gasteiger partial charge is 0.464 e. The fourth-order valence-electron chi connectivity index (χ4n) is 2.64. The maximum atomic E-state index is 11.4. The Morgan fingerprint density at radius 1 is 0.875 bits per heavy atom. The smallest absolute Gasteiger partial charge is 0.305 e. The van der Waals surface area contributed by atoms with Crippen LogP contribution in [0.25, 0.3) is 0 Å². The van der Waals surface area contributed by atoms with Crippen molar-refractivity contribution in [2.24, 2.45) is 5.73 Å². The topological polar surface area (TPSA) is 52.3 Å². The van der Waals surface area contributed by atoms with Gasteiger partial charge in [0.2, 0.25) is 0 Å². The average Bonchev–Trinajstić information content (AvgIpc) is 2.56. The zero-order valence-corrected chi connectivity index (χ0v) is 16.2. The molecule has 142 valence electrons. The average molecular weight is 340 g/mol. The maximum Gasteiger partial charge on any atom is 0.305 e. The number of carbonyl (C=O) groups excluding carboxylic acids is 1. The van der Waals surface area contributed by atoms with Crippen LogP contribution in [0.15, 0.2) is 12.2 Å². The van der Waals surface area contributed by atoms with E-state index in [1.807, 2.05) is 6.92 Å². The van der Waals surface area contributed by atoms with Crippen molar-refractivity contribution in [1.82, 2.24) is 0 Å². The molecule has 0 aromatic rings. The molecule has 1 unspecified atom stereocenters. The highest BCUT2D eigenvalue weighted by Crippen LogP contribution is 2.10. The molecule has 0 amide bonds. The van der Waals surface area contributed by atoms with Crippen LogP contribution >= 0.6 is 0 Å². The second-order valence-corrected chi connectivity index (χ2v) is 6.99. The van der Waals surface area contributed by atoms with E-state index in [9.17, 15) is 4.79 Å². The molecule has 0 aliphatic carbocycles. The third-order valence-corrected chi connectivity index (χ3v) is 4.15. The SMILES string of the molecule is CCCCCCCC/C=C\CCCCCCCC(=O)OCC(C)N. The molecule has 0 heterocycles. The van der Waals surface area contributed by atoms with Crippen LogP contribution in [0.5, 0.6) is 0 Å². The fraction of sp³-hybridized carbons (Fsp3) is 0.857. The van der Waals surface area contributed by atoms with Gasteiger partial charge >= 0.3 is 5.97 Å². The second-order valence-electron chi connectivity index (χ2n) is 6.99. The zero-order chi connectivity index (χ0) is 17.9. The van der Waals surface area contributed by atoms with E-state index in [1.54, 1.807) is 0 Å². The molecule has 3 heteroatoms. The Hall–Kier alpha value is -0.830. The summed E-state index contributed by atoms with van der Waals surface area (Å²) in [6.45, 7) is 4.44. The number of unbranched alkanes of at least 4 members (excludes halogenated alkanes) is 11. The molecule has 0 saturated heterocycles. The number of hydrogen-bond acceptors (Lipinski definition) is 3. The van der Waals surface area contributed by atoms with Crippen LogP contribution in [0.1, 0.15) is 104 Å². The summed E-state index contributed by atoms with van der Waals surface area (Å²) in [4.78, 5) is 11.4. The Morgan fingerprint density at radius 2 is 1.38 bits per heavy atom. The molecule has 0 aliphatic heterocycles. The number of rotatable bonds is 17. The normalized spacial score (nSPS) is 12.6. The van der Waals surface area contributed by atoms with Crippen molar-refractivity contribution in [3.05, 3.63) is 12.2 Å². The van der Waals surface area contributed by atoms with Crippen molar-refractivity contribution < 1.29 is 9.53 Å². The number of carbonyl (C=O) groups is 1. The van der Waals surface area contributed by atoms with Crippen LogP contribution in [-0.4, -0.2) is 18.6 Å². The van der Waals surface area contributed by atoms with E-state index in [0.717, 1.165) is 12.8 Å². The van der Waals surface area contributed by atoms with Gasteiger partial charge in [0, 0.05) is 12.5 Å². The lowest BCUT2D eigenvalue weighted by atomic mass is 10.1. The summed E-state index contributed by atoms with van der Waals surface area (Å²) in [7, 11) is 0. The zero-order valence-electron chi connectivity index (χ0n) is 16.2. The fourth-order valence-corrected chi connectivity index (χ4v) is 2.64. The molecule has 0 aromatic heterocycles. The van der Waals surface area contributed by atoms with E-state index in [2.05, 4.69) is 19.1 Å². The molecule has 0 aromatic carbocycles. The second kappa shape index (κ2) is 18.5. The third-order valence-electron chi connectivity index (χ3n) is 4.15. The summed E-state index contributed by atoms with van der Waals surface area (Å²) in [5.74, 6) is -0.107. The standard InChI is InChI=1S/C21H41NO2/c1-3-4-5-6-7-8-9-10-11-12-13-14-15-16-17-18-21(23)24-19-20(2)22/h10-11,20H,3-9,12-19,22H2,1-2H3/b11-10-. The molecule has 0 aliphatic rings. The summed E-state index contributed by atoms with van der Waals surface area (Å²) in [6.07, 6.45) is 21.7. The molecular weight excluding hydrogens is 298 g/mol. The Balaban J connectivity index is 3.19. The number of nitrogens with two attached hydrogens (primary N) is 1. The Kier molecular flexibility index (Phi) is 17.9. The summed E-state index contributed by atoms with van der Waals surface area (Å²) in [5, 5.41) is 0. The van der Waals surface area contributed by atoms with Crippen molar-refractivity contribution >= 4 is 5.97 Å². The van der Waals surface area contributed by atoms with Gasteiger partial charge < -0.3 is 10.5 Å². The van der Waals surface area contributed by atoms with Crippen LogP contribution < -0.4 is 5.73 Å². The highest BCUT2D eigenvalue weighted by atomic mass is 16.5. The molecule has 24 heavy (non-hydrogen) atoms. The van der Waals surface area contributed by atoms with Crippen molar-refractivity contribution in [3.63, 3.8) is 0 Å². The molecule has 0 saturated carbocycles. The van der Waals surface area contributed by atoms with Crippen LogP contribution in [0.3, 0.4) is 0 Å². The molecule has 0 bridgehead atoms. The van der Waals surface area contributed by atoms with Gasteiger partial charge in [0.25, 0.3) is 0 Å². The third kappa shape index (κ3) is 19.2. The summed E-state index contributed by atoms with van der Waals surface area (Å²) >= 11 is 0. The lowest BCUT2D eigenvalue weighted by Gasteiger charge is -2.06. The van der Waals surface area contributed by atoms with Gasteiger partial charge in [0.15, 0.2) is 0 Å². The van der Waals surface area contributed by atoms with E-state index in [1.165, 1.54) is 70.6 Å². The first-order chi connectivity index (χ1) is 11.7. The van der Waals surface area contributed by atoms with Gasteiger partial charge in [-0.05, 0) is 39.0 Å². The van der Waals surface area contributed by atoms with Crippen molar-refractivity contribution in [2.45, 2.75) is 110 Å². The highest BCUT2D eigenvalue weighted by Gasteiger charge is 2.03. The van der Waals surface area contributed by atoms with Gasteiger partial charge in [0.05, 0.1) is 0 Å². The van der Waals surface area contributed by atoms with E-state index >= 15 is 0 Å². The van der Waals surface area contributed by atoms with E-state index in [4.69, 9.17) is 10.5 Å². The minimum atomic E-state index is -0.107. The van der Waals surface area contributed by atoms with E-state index in [-0.39, 0.29) is 12.0 Å². The molecular formula is C21H41NO2. The van der Waals surface area contributed by atoms with Crippen LogP contribution in [0.2, 0.25) is 0 Å². The number of hydrogen-bond donors (Lipinski definition) is 1. The Labute approximate surface area is 150 Å². The molecule has 2 N–H and O–H groups in total. The maximum absolute atomic E-state index is 11.4. The molecule has 0 radical (unpaired) electrons. The van der Waals surface area contributed by atoms with Crippen LogP contribution in [0.4, 0.5) is 0 Å². The first-order valence-electron chi connectivity index (χ1n) is 10.2. The minimum absolute atomic E-state index is 0.0666. The highest BCUT2D eigenvalue weighted by molar-refractivity contribution is 5.69. The monoisotopic (exact) mass is 339 g/mol. The number of ether oxygens (including phenoxy) is 1. The van der Waals surface area contributed by atoms with Gasteiger partial charge in [0.1, 0.15) is 6.61 Å². The molecule has 3 nitrogen and oxygen atoms in total. The summed E-state index contributed by atoms with van der Waals surface area (Å²) in [5.41, 5.74) is 5.54. The summed E-state index contributed by atoms with van der Waals surface area (Å²) in [6, 6.07) is -0.0666. The van der Waals surface area contributed by atoms with Crippen LogP contribution in [0, 0.1) is 0 Å². The summed E-state index contributed by atoms with van der Waals surface area (Å²) < 4.78 is 5.05. The van der Waals surface area contributed by atoms with E-state index < -0.39 is 0 Å². The van der Waals surface area contributed by atoms with Gasteiger partial charge in [-0.2, -0.15) is 0 Å². The van der Waals surface area contributed by atoms with Gasteiger partial charge in [-0.15, -0.1) is 0 Å². The predicted octanol–water partition coefficient (Wildman–Crippen LogP) is 5.91. The Morgan fingerprint density at radius 3 is 1.92 bits per heavy atom. The number of allylic oxidation sites excluding steroid dienone is 2. The predicted molar refractivity (Wildman–Crippen MR) is 104 cm³/mol. The molecule has 0 rings (SSSR count). The van der Waals surface area contributed by atoms with Crippen LogP contribution in [-0.2, 0) is 9.53 Å². The van der Waals surface area contributed by atoms with Crippen molar-refractivity contribution in [2.75, 3.05) is 6.61 Å². The number of esters is 1. The van der Waals surface area contributed by atoms with Crippen molar-refractivity contribution in [3.8, 4) is 0 Å².